The highest BCUT2D eigenvalue weighted by Crippen LogP contribution is 2.18. The van der Waals surface area contributed by atoms with Crippen molar-refractivity contribution in [1.29, 1.82) is 0 Å². The third-order valence-corrected chi connectivity index (χ3v) is 3.10. The van der Waals surface area contributed by atoms with Crippen LogP contribution in [0.1, 0.15) is 10.4 Å². The molecule has 0 spiro atoms. The van der Waals surface area contributed by atoms with Crippen LogP contribution in [0.2, 0.25) is 0 Å². The second kappa shape index (κ2) is 6.39. The Kier molecular flexibility index (Phi) is 4.58. The zero-order valence-electron chi connectivity index (χ0n) is 10.8. The van der Waals surface area contributed by atoms with Crippen LogP contribution >= 0.6 is 17.0 Å². The fourth-order valence-electron chi connectivity index (χ4n) is 2.17. The summed E-state index contributed by atoms with van der Waals surface area (Å²) < 4.78 is 1.83. The monoisotopic (exact) mass is 329 g/mol. The van der Waals surface area contributed by atoms with Crippen molar-refractivity contribution in [2.24, 2.45) is 0 Å². The lowest BCUT2D eigenvalue weighted by Gasteiger charge is -2.03. The van der Waals surface area contributed by atoms with Crippen LogP contribution in [0.4, 0.5) is 0 Å². The van der Waals surface area contributed by atoms with Gasteiger partial charge in [-0.05, 0) is 10.8 Å². The van der Waals surface area contributed by atoms with Crippen LogP contribution in [0.15, 0.2) is 67.3 Å². The zero-order valence-corrected chi connectivity index (χ0v) is 12.5. The van der Waals surface area contributed by atoms with Gasteiger partial charge in [0.15, 0.2) is 12.4 Å². The van der Waals surface area contributed by atoms with Gasteiger partial charge in [0.1, 0.15) is 0 Å². The number of hydrogen-bond donors (Lipinski definition) is 0. The molecule has 0 aliphatic rings. The molecule has 20 heavy (non-hydrogen) atoms. The molecule has 0 saturated heterocycles. The maximum absolute atomic E-state index is 12.4. The van der Waals surface area contributed by atoms with Gasteiger partial charge in [-0.25, -0.2) is 0 Å². The van der Waals surface area contributed by atoms with E-state index in [9.17, 15) is 4.79 Å². The number of Topliss-reactive ketones (excluding diaryl/α,β-unsaturated/α-hetero) is 1. The van der Waals surface area contributed by atoms with Gasteiger partial charge < -0.3 is 0 Å². The Morgan fingerprint density at radius 1 is 1.00 bits per heavy atom. The Morgan fingerprint density at radius 3 is 2.50 bits per heavy atom. The first-order valence-electron chi connectivity index (χ1n) is 6.14. The van der Waals surface area contributed by atoms with Gasteiger partial charge in [-0.15, -0.1) is 17.0 Å². The van der Waals surface area contributed by atoms with E-state index in [-0.39, 0.29) is 22.8 Å². The van der Waals surface area contributed by atoms with E-state index in [0.717, 1.165) is 16.3 Å². The highest BCUT2D eigenvalue weighted by atomic mass is 79.9. The van der Waals surface area contributed by atoms with Gasteiger partial charge >= 0.3 is 0 Å². The molecule has 0 fully saturated rings. The van der Waals surface area contributed by atoms with Crippen molar-refractivity contribution in [3.8, 4) is 0 Å². The highest BCUT2D eigenvalue weighted by Gasteiger charge is 2.14. The van der Waals surface area contributed by atoms with Crippen molar-refractivity contribution in [3.63, 3.8) is 0 Å². The molecular formula is C16H14BrN2O+. The first kappa shape index (κ1) is 14.3. The summed E-state index contributed by atoms with van der Waals surface area (Å²) in [5.74, 6) is 0.105. The van der Waals surface area contributed by atoms with Crippen molar-refractivity contribution in [1.82, 2.24) is 4.98 Å². The van der Waals surface area contributed by atoms with Gasteiger partial charge in [-0.3, -0.25) is 9.78 Å². The van der Waals surface area contributed by atoms with Gasteiger partial charge in [0.2, 0.25) is 12.3 Å². The maximum atomic E-state index is 12.4. The zero-order chi connectivity index (χ0) is 13.1. The number of halogens is 1. The molecule has 1 heterocycles. The Morgan fingerprint density at radius 2 is 1.70 bits per heavy atom. The Labute approximate surface area is 127 Å². The van der Waals surface area contributed by atoms with E-state index in [1.54, 1.807) is 24.8 Å². The summed E-state index contributed by atoms with van der Waals surface area (Å²) in [4.78, 5) is 16.3. The predicted octanol–water partition coefficient (Wildman–Crippen LogP) is 2.98. The molecule has 1 aromatic heterocycles. The molecule has 3 aromatic rings. The normalized spacial score (nSPS) is 10.0. The van der Waals surface area contributed by atoms with Crippen molar-refractivity contribution in [3.05, 3.63) is 72.8 Å². The largest absolute Gasteiger partial charge is 0.287 e. The summed E-state index contributed by atoms with van der Waals surface area (Å²) in [5, 5.41) is 2.10. The summed E-state index contributed by atoms with van der Waals surface area (Å²) in [6, 6.07) is 13.8. The lowest BCUT2D eigenvalue weighted by atomic mass is 10.0. The van der Waals surface area contributed by atoms with Crippen LogP contribution in [0, 0.1) is 0 Å². The number of nitrogens with zero attached hydrogens (tertiary/aromatic N) is 2. The van der Waals surface area contributed by atoms with Crippen molar-refractivity contribution < 1.29 is 9.36 Å². The fourth-order valence-corrected chi connectivity index (χ4v) is 2.17. The van der Waals surface area contributed by atoms with Crippen LogP contribution in [0.5, 0.6) is 0 Å². The smallest absolute Gasteiger partial charge is 0.228 e. The molecule has 0 bridgehead atoms. The van der Waals surface area contributed by atoms with E-state index in [0.29, 0.717) is 6.54 Å². The minimum Gasteiger partial charge on any atom is -0.287 e. The van der Waals surface area contributed by atoms with Crippen LogP contribution in [-0.2, 0) is 6.54 Å². The second-order valence-corrected chi connectivity index (χ2v) is 4.37. The fraction of sp³-hybridized carbons (Fsp3) is 0.0625. The molecule has 0 atom stereocenters. The number of fused-ring (bicyclic) bond motifs is 1. The van der Waals surface area contributed by atoms with Crippen LogP contribution in [0.25, 0.3) is 10.8 Å². The number of carbonyl (C=O) groups excluding carboxylic acids is 1. The van der Waals surface area contributed by atoms with Crippen molar-refractivity contribution in [2.45, 2.75) is 6.54 Å². The van der Waals surface area contributed by atoms with Crippen LogP contribution in [0.3, 0.4) is 0 Å². The maximum Gasteiger partial charge on any atom is 0.228 e. The van der Waals surface area contributed by atoms with E-state index in [4.69, 9.17) is 0 Å². The number of carbonyl (C=O) groups is 1. The van der Waals surface area contributed by atoms with Gasteiger partial charge in [0.05, 0.1) is 12.4 Å². The minimum atomic E-state index is 0. The SMILES string of the molecule is Br.O=C(C[n+]1ccncc1)c1cccc2ccccc12. The standard InChI is InChI=1S/C16H13N2O.BrH/c19-16(12-18-10-8-17-9-11-18)15-7-3-5-13-4-1-2-6-14(13)15;/h1-11H,12H2;1H/q+1;. The van der Waals surface area contributed by atoms with E-state index in [1.807, 2.05) is 47.0 Å². The Bertz CT molecular complexity index is 723. The minimum absolute atomic E-state index is 0. The molecule has 0 aliphatic heterocycles. The second-order valence-electron chi connectivity index (χ2n) is 4.37. The Hall–Kier alpha value is -2.07. The predicted molar refractivity (Wildman–Crippen MR) is 83.0 cm³/mol. The third-order valence-electron chi connectivity index (χ3n) is 3.10. The molecule has 3 nitrogen and oxygen atoms in total. The first-order valence-corrected chi connectivity index (χ1v) is 6.14. The van der Waals surface area contributed by atoms with Gasteiger partial charge in [0, 0.05) is 5.56 Å². The summed E-state index contributed by atoms with van der Waals surface area (Å²) in [5.41, 5.74) is 0.766. The van der Waals surface area contributed by atoms with Crippen LogP contribution < -0.4 is 4.57 Å². The van der Waals surface area contributed by atoms with E-state index in [2.05, 4.69) is 4.98 Å². The van der Waals surface area contributed by atoms with Gasteiger partial charge in [-0.2, -0.15) is 4.57 Å². The number of benzene rings is 2. The molecule has 0 N–H and O–H groups in total. The molecule has 0 aliphatic carbocycles. The molecular weight excluding hydrogens is 316 g/mol. The van der Waals surface area contributed by atoms with Gasteiger partial charge in [0.25, 0.3) is 0 Å². The molecule has 4 heteroatoms. The van der Waals surface area contributed by atoms with E-state index in [1.165, 1.54) is 0 Å². The molecule has 0 saturated carbocycles. The quantitative estimate of drug-likeness (QED) is 0.546. The third kappa shape index (κ3) is 2.91. The topological polar surface area (TPSA) is 33.8 Å². The van der Waals surface area contributed by atoms with E-state index >= 15 is 0 Å². The number of aromatic nitrogens is 2. The average Bonchev–Trinajstić information content (AvgIpc) is 2.47. The molecule has 0 radical (unpaired) electrons. The molecule has 2 aromatic carbocycles. The van der Waals surface area contributed by atoms with Crippen LogP contribution in [-0.4, -0.2) is 10.8 Å². The number of ketones is 1. The summed E-state index contributed by atoms with van der Waals surface area (Å²) in [7, 11) is 0. The molecule has 3 rings (SSSR count). The lowest BCUT2D eigenvalue weighted by molar-refractivity contribution is -0.683. The summed E-state index contributed by atoms with van der Waals surface area (Å²) in [6.45, 7) is 0.330. The molecule has 0 unspecified atom stereocenters. The highest BCUT2D eigenvalue weighted by molar-refractivity contribution is 8.93. The number of rotatable bonds is 3. The first-order chi connectivity index (χ1) is 9.34. The molecule has 0 amide bonds. The van der Waals surface area contributed by atoms with Crippen molar-refractivity contribution in [2.75, 3.05) is 0 Å². The number of hydrogen-bond acceptors (Lipinski definition) is 2. The van der Waals surface area contributed by atoms with Gasteiger partial charge in [-0.1, -0.05) is 42.5 Å². The van der Waals surface area contributed by atoms with Crippen molar-refractivity contribution >= 4 is 33.5 Å². The lowest BCUT2D eigenvalue weighted by Crippen LogP contribution is -2.37. The average molecular weight is 330 g/mol. The van der Waals surface area contributed by atoms with E-state index < -0.39 is 0 Å². The summed E-state index contributed by atoms with van der Waals surface area (Å²) in [6.07, 6.45) is 6.94. The molecule has 100 valence electrons. The Balaban J connectivity index is 0.00000147. The summed E-state index contributed by atoms with van der Waals surface area (Å²) >= 11 is 0.